The molecule has 1 spiro atoms. The molecule has 0 radical (unpaired) electrons. The zero-order valence-corrected chi connectivity index (χ0v) is 37.8. The second-order valence-corrected chi connectivity index (χ2v) is 18.4. The third-order valence-corrected chi connectivity index (χ3v) is 14.8. The zero-order chi connectivity index (χ0) is 45.5. The van der Waals surface area contributed by atoms with Crippen LogP contribution in [0.4, 0.5) is 17.1 Å². The molecule has 1 aromatic heterocycles. The van der Waals surface area contributed by atoms with Crippen LogP contribution in [0.25, 0.3) is 83.1 Å². The lowest BCUT2D eigenvalue weighted by Gasteiger charge is -2.31. The normalized spacial score (nSPS) is 14.1. The molecular weight excluding hydrogens is 833 g/mol. The van der Waals surface area contributed by atoms with Gasteiger partial charge in [0.25, 0.3) is 0 Å². The highest BCUT2D eigenvalue weighted by molar-refractivity contribution is 6.19. The first-order valence-corrected chi connectivity index (χ1v) is 23.9. The van der Waals surface area contributed by atoms with Gasteiger partial charge in [0.1, 0.15) is 0 Å². The van der Waals surface area contributed by atoms with E-state index in [-0.39, 0.29) is 0 Å². The van der Waals surface area contributed by atoms with Crippen LogP contribution in [0.1, 0.15) is 22.3 Å². The van der Waals surface area contributed by atoms with E-state index in [0.29, 0.717) is 0 Å². The minimum absolute atomic E-state index is 0.533. The van der Waals surface area contributed by atoms with Crippen LogP contribution in [0, 0.1) is 0 Å². The van der Waals surface area contributed by atoms with E-state index >= 15 is 0 Å². The molecule has 12 aromatic rings. The molecule has 69 heavy (non-hydrogen) atoms. The first kappa shape index (κ1) is 39.2. The maximum absolute atomic E-state index is 2.52. The van der Waals surface area contributed by atoms with Gasteiger partial charge in [-0.1, -0.05) is 194 Å². The van der Waals surface area contributed by atoms with Gasteiger partial charge in [-0.3, -0.25) is 0 Å². The Labute approximate surface area is 402 Å². The largest absolute Gasteiger partial charge is 0.310 e. The standard InChI is InChI=1S/C67H44N2/c1-5-19-45(20-6-1)47-33-36-53(37-34-47)68(51-23-9-3-10-24-51)54-42-49(46-21-7-2-8-22-46)41-50(43-54)48-35-38-56-55-27-13-16-30-59(55)67(62(56)44-48)60-31-17-14-28-57(60)65-61(67)39-40-64-66(65)58-29-15-18-32-63(58)69(64)52-25-11-4-12-26-52/h1-44H. The van der Waals surface area contributed by atoms with Crippen LogP contribution < -0.4 is 4.90 Å². The van der Waals surface area contributed by atoms with Crippen LogP contribution in [-0.4, -0.2) is 4.57 Å². The van der Waals surface area contributed by atoms with E-state index in [1.807, 2.05) is 0 Å². The van der Waals surface area contributed by atoms with Crippen molar-refractivity contribution in [1.29, 1.82) is 0 Å². The maximum Gasteiger partial charge on any atom is 0.0726 e. The number of benzene rings is 11. The third-order valence-electron chi connectivity index (χ3n) is 14.8. The van der Waals surface area contributed by atoms with Crippen LogP contribution in [0.2, 0.25) is 0 Å². The summed E-state index contributed by atoms with van der Waals surface area (Å²) in [6.07, 6.45) is 0. The first-order chi connectivity index (χ1) is 34.2. The average molecular weight is 877 g/mol. The summed E-state index contributed by atoms with van der Waals surface area (Å²) < 4.78 is 2.45. The van der Waals surface area contributed by atoms with E-state index in [2.05, 4.69) is 276 Å². The lowest BCUT2D eigenvalue weighted by molar-refractivity contribution is 0.794. The fraction of sp³-hybridized carbons (Fsp3) is 0.0149. The van der Waals surface area contributed by atoms with Crippen LogP contribution in [-0.2, 0) is 5.41 Å². The number of aromatic nitrogens is 1. The summed E-state index contributed by atoms with van der Waals surface area (Å²) in [5.74, 6) is 0. The molecule has 0 bridgehead atoms. The fourth-order valence-corrected chi connectivity index (χ4v) is 11.9. The number of nitrogens with zero attached hydrogens (tertiary/aromatic N) is 2. The Balaban J connectivity index is 1.01. The summed E-state index contributed by atoms with van der Waals surface area (Å²) in [5, 5.41) is 2.57. The Morgan fingerprint density at radius 2 is 0.812 bits per heavy atom. The van der Waals surface area contributed by atoms with Gasteiger partial charge in [0.05, 0.1) is 16.4 Å². The zero-order valence-electron chi connectivity index (χ0n) is 37.8. The molecule has 0 aliphatic heterocycles. The molecule has 0 saturated heterocycles. The van der Waals surface area contributed by atoms with E-state index in [1.165, 1.54) is 88.6 Å². The molecule has 2 heteroatoms. The molecule has 2 aliphatic carbocycles. The van der Waals surface area contributed by atoms with Gasteiger partial charge >= 0.3 is 0 Å². The van der Waals surface area contributed by atoms with Crippen molar-refractivity contribution in [2.75, 3.05) is 4.90 Å². The second kappa shape index (κ2) is 15.6. The summed E-state index contributed by atoms with van der Waals surface area (Å²) in [6, 6.07) is 98.5. The molecule has 2 aliphatic rings. The molecule has 1 unspecified atom stereocenters. The molecule has 11 aromatic carbocycles. The van der Waals surface area contributed by atoms with E-state index in [1.54, 1.807) is 0 Å². The average Bonchev–Trinajstić information content (AvgIpc) is 4.04. The molecule has 1 heterocycles. The molecule has 322 valence electrons. The van der Waals surface area contributed by atoms with Gasteiger partial charge < -0.3 is 9.47 Å². The molecular formula is C67H44N2. The predicted octanol–water partition coefficient (Wildman–Crippen LogP) is 17.6. The fourth-order valence-electron chi connectivity index (χ4n) is 11.9. The van der Waals surface area contributed by atoms with Crippen molar-refractivity contribution in [3.63, 3.8) is 0 Å². The number of fused-ring (bicyclic) bond motifs is 14. The molecule has 0 N–H and O–H groups in total. The van der Waals surface area contributed by atoms with Crippen molar-refractivity contribution in [2.24, 2.45) is 0 Å². The van der Waals surface area contributed by atoms with Gasteiger partial charge in [0.15, 0.2) is 0 Å². The Kier molecular flexibility index (Phi) is 8.84. The van der Waals surface area contributed by atoms with Crippen molar-refractivity contribution < 1.29 is 0 Å². The van der Waals surface area contributed by atoms with Gasteiger partial charge in [0.2, 0.25) is 0 Å². The monoisotopic (exact) mass is 876 g/mol. The third kappa shape index (κ3) is 5.92. The molecule has 14 rings (SSSR count). The maximum atomic E-state index is 2.52. The summed E-state index contributed by atoms with van der Waals surface area (Å²) in [7, 11) is 0. The van der Waals surface area contributed by atoms with Gasteiger partial charge in [-0.15, -0.1) is 0 Å². The van der Waals surface area contributed by atoms with Crippen LogP contribution in [0.15, 0.2) is 267 Å². The Morgan fingerprint density at radius 3 is 1.54 bits per heavy atom. The van der Waals surface area contributed by atoms with Crippen LogP contribution in [0.5, 0.6) is 0 Å². The SMILES string of the molecule is c1ccc(-c2ccc(N(c3ccccc3)c3cc(-c4ccccc4)cc(-c4ccc5c(c4)C4(c6ccccc6-5)c5ccccc5-c5c4ccc4c5c5ccccc5n4-c4ccccc4)c3)cc2)cc1. The Morgan fingerprint density at radius 1 is 0.290 bits per heavy atom. The van der Waals surface area contributed by atoms with Gasteiger partial charge in [0, 0.05) is 33.5 Å². The molecule has 1 atom stereocenters. The van der Waals surface area contributed by atoms with Crippen molar-refractivity contribution in [2.45, 2.75) is 5.41 Å². The highest BCUT2D eigenvalue weighted by atomic mass is 15.1. The minimum atomic E-state index is -0.533. The smallest absolute Gasteiger partial charge is 0.0726 e. The van der Waals surface area contributed by atoms with E-state index in [4.69, 9.17) is 0 Å². The highest BCUT2D eigenvalue weighted by Crippen LogP contribution is 2.64. The van der Waals surface area contributed by atoms with E-state index < -0.39 is 5.41 Å². The van der Waals surface area contributed by atoms with Crippen LogP contribution in [0.3, 0.4) is 0 Å². The summed E-state index contributed by atoms with van der Waals surface area (Å²) in [5.41, 5.74) is 24.0. The topological polar surface area (TPSA) is 8.17 Å². The quantitative estimate of drug-likeness (QED) is 0.155. The number of hydrogen-bond donors (Lipinski definition) is 0. The highest BCUT2D eigenvalue weighted by Gasteiger charge is 2.52. The van der Waals surface area contributed by atoms with Crippen LogP contribution >= 0.6 is 0 Å². The molecule has 0 fully saturated rings. The lowest BCUT2D eigenvalue weighted by Crippen LogP contribution is -2.25. The predicted molar refractivity (Wildman–Crippen MR) is 288 cm³/mol. The Hall–Kier alpha value is -8.98. The number of rotatable bonds is 7. The number of anilines is 3. The summed E-state index contributed by atoms with van der Waals surface area (Å²) in [4.78, 5) is 2.40. The summed E-state index contributed by atoms with van der Waals surface area (Å²) in [6.45, 7) is 0. The van der Waals surface area contributed by atoms with E-state index in [9.17, 15) is 0 Å². The van der Waals surface area contributed by atoms with Crippen molar-refractivity contribution in [3.05, 3.63) is 289 Å². The van der Waals surface area contributed by atoms with E-state index in [0.717, 1.165) is 33.9 Å². The van der Waals surface area contributed by atoms with Crippen molar-refractivity contribution >= 4 is 38.9 Å². The second-order valence-electron chi connectivity index (χ2n) is 18.4. The van der Waals surface area contributed by atoms with Crippen molar-refractivity contribution in [3.8, 4) is 61.3 Å². The van der Waals surface area contributed by atoms with Gasteiger partial charge in [-0.2, -0.15) is 0 Å². The van der Waals surface area contributed by atoms with Gasteiger partial charge in [-0.25, -0.2) is 0 Å². The lowest BCUT2D eigenvalue weighted by atomic mass is 9.70. The van der Waals surface area contributed by atoms with Crippen molar-refractivity contribution in [1.82, 2.24) is 4.57 Å². The number of hydrogen-bond acceptors (Lipinski definition) is 1. The molecule has 0 saturated carbocycles. The Bertz CT molecular complexity index is 3930. The first-order valence-electron chi connectivity index (χ1n) is 23.9. The summed E-state index contributed by atoms with van der Waals surface area (Å²) >= 11 is 0. The molecule has 0 amide bonds. The molecule has 2 nitrogen and oxygen atoms in total. The number of para-hydroxylation sites is 3. The minimum Gasteiger partial charge on any atom is -0.310 e. The van der Waals surface area contributed by atoms with Gasteiger partial charge in [-0.05, 0) is 151 Å².